The number of hydrogen-bond donors (Lipinski definition) is 2. The second-order valence-electron chi connectivity index (χ2n) is 3.74. The Morgan fingerprint density at radius 2 is 2.28 bits per heavy atom. The molecule has 5 heteroatoms. The lowest BCUT2D eigenvalue weighted by Crippen LogP contribution is -2.31. The van der Waals surface area contributed by atoms with Crippen LogP contribution < -0.4 is 11.3 Å². The van der Waals surface area contributed by atoms with E-state index in [9.17, 15) is 0 Å². The van der Waals surface area contributed by atoms with Crippen LogP contribution in [0.3, 0.4) is 0 Å². The third-order valence-electron chi connectivity index (χ3n) is 2.60. The van der Waals surface area contributed by atoms with Gasteiger partial charge in [0.15, 0.2) is 0 Å². The Morgan fingerprint density at radius 1 is 1.39 bits per heavy atom. The van der Waals surface area contributed by atoms with Gasteiger partial charge in [0.05, 0.1) is 18.7 Å². The van der Waals surface area contributed by atoms with Crippen LogP contribution in [0.25, 0.3) is 10.9 Å². The number of pyridine rings is 1. The molecule has 1 aromatic carbocycles. The quantitative estimate of drug-likeness (QED) is 0.278. The smallest absolute Gasteiger partial charge is 0.143 e. The monoisotopic (exact) mass is 244 g/mol. The van der Waals surface area contributed by atoms with Gasteiger partial charge >= 0.3 is 0 Å². The summed E-state index contributed by atoms with van der Waals surface area (Å²) in [5.74, 6) is 6.18. The molecule has 0 fully saturated rings. The summed E-state index contributed by atoms with van der Waals surface area (Å²) in [6.45, 7) is 1.13. The molecule has 0 radical (unpaired) electrons. The van der Waals surface area contributed by atoms with Gasteiger partial charge in [-0.3, -0.25) is 9.98 Å². The van der Waals surface area contributed by atoms with Crippen molar-refractivity contribution >= 4 is 16.7 Å². The molecule has 0 aliphatic heterocycles. The van der Waals surface area contributed by atoms with Crippen molar-refractivity contribution in [3.05, 3.63) is 42.1 Å². The number of hydrogen-bond acceptors (Lipinski definition) is 4. The lowest BCUT2D eigenvalue weighted by atomic mass is 10.1. The molecule has 2 rings (SSSR count). The molecule has 0 saturated heterocycles. The van der Waals surface area contributed by atoms with E-state index in [0.29, 0.717) is 19.0 Å². The average Bonchev–Trinajstić information content (AvgIpc) is 2.43. The third-order valence-corrected chi connectivity index (χ3v) is 2.60. The highest BCUT2D eigenvalue weighted by atomic mass is 16.5. The maximum absolute atomic E-state index is 5.54. The van der Waals surface area contributed by atoms with Crippen LogP contribution in [0.2, 0.25) is 0 Å². The van der Waals surface area contributed by atoms with Crippen LogP contribution in [0, 0.1) is 0 Å². The van der Waals surface area contributed by atoms with E-state index in [2.05, 4.69) is 15.4 Å². The zero-order valence-electron chi connectivity index (χ0n) is 10.3. The van der Waals surface area contributed by atoms with Crippen molar-refractivity contribution in [1.82, 2.24) is 10.4 Å². The summed E-state index contributed by atoms with van der Waals surface area (Å²) in [6.07, 6.45) is 1.77. The fourth-order valence-corrected chi connectivity index (χ4v) is 1.77. The Balaban J connectivity index is 2.42. The van der Waals surface area contributed by atoms with Gasteiger partial charge in [0, 0.05) is 24.3 Å². The van der Waals surface area contributed by atoms with E-state index in [1.165, 1.54) is 0 Å². The molecule has 3 N–H and O–H groups in total. The molecule has 0 saturated carbocycles. The van der Waals surface area contributed by atoms with Gasteiger partial charge in [-0.15, -0.1) is 0 Å². The molecule has 94 valence electrons. The number of nitrogens with two attached hydrogens (primary N) is 1. The molecule has 18 heavy (non-hydrogen) atoms. The van der Waals surface area contributed by atoms with Gasteiger partial charge in [-0.25, -0.2) is 5.84 Å². The highest BCUT2D eigenvalue weighted by molar-refractivity contribution is 6.08. The number of nitrogens with zero attached hydrogens (tertiary/aromatic N) is 2. The SMILES string of the molecule is COCCN=C(NN)c1cccc2ncccc12. The van der Waals surface area contributed by atoms with Crippen LogP contribution in [0.4, 0.5) is 0 Å². The second kappa shape index (κ2) is 6.09. The van der Waals surface area contributed by atoms with Gasteiger partial charge in [0.25, 0.3) is 0 Å². The predicted molar refractivity (Wildman–Crippen MR) is 72.3 cm³/mol. The van der Waals surface area contributed by atoms with Gasteiger partial charge in [-0.05, 0) is 12.1 Å². The minimum atomic E-state index is 0.562. The normalized spacial score (nSPS) is 11.8. The second-order valence-corrected chi connectivity index (χ2v) is 3.74. The minimum absolute atomic E-state index is 0.562. The molecular formula is C13H16N4O. The fourth-order valence-electron chi connectivity index (χ4n) is 1.77. The van der Waals surface area contributed by atoms with Crippen molar-refractivity contribution in [3.8, 4) is 0 Å². The minimum Gasteiger partial charge on any atom is -0.383 e. The van der Waals surface area contributed by atoms with Crippen LogP contribution in [0.5, 0.6) is 0 Å². The van der Waals surface area contributed by atoms with Crippen molar-refractivity contribution in [2.24, 2.45) is 10.8 Å². The summed E-state index contributed by atoms with van der Waals surface area (Å²) in [5.41, 5.74) is 4.50. The van der Waals surface area contributed by atoms with E-state index in [1.807, 2.05) is 30.3 Å². The number of aliphatic imine (C=N–C) groups is 1. The fraction of sp³-hybridized carbons (Fsp3) is 0.231. The predicted octanol–water partition coefficient (Wildman–Crippen LogP) is 1.09. The summed E-state index contributed by atoms with van der Waals surface area (Å²) in [4.78, 5) is 8.69. The van der Waals surface area contributed by atoms with Gasteiger partial charge in [-0.2, -0.15) is 0 Å². The molecule has 5 nitrogen and oxygen atoms in total. The van der Waals surface area contributed by atoms with E-state index in [1.54, 1.807) is 13.3 Å². The van der Waals surface area contributed by atoms with Gasteiger partial charge in [-0.1, -0.05) is 18.2 Å². The molecule has 0 bridgehead atoms. The van der Waals surface area contributed by atoms with Crippen molar-refractivity contribution < 1.29 is 4.74 Å². The first-order valence-electron chi connectivity index (χ1n) is 5.71. The molecular weight excluding hydrogens is 228 g/mol. The Hall–Kier alpha value is -1.98. The maximum atomic E-state index is 5.54. The number of rotatable bonds is 4. The van der Waals surface area contributed by atoms with Crippen molar-refractivity contribution in [3.63, 3.8) is 0 Å². The number of hydrazine groups is 1. The molecule has 0 aliphatic carbocycles. The molecule has 0 amide bonds. The maximum Gasteiger partial charge on any atom is 0.143 e. The van der Waals surface area contributed by atoms with Crippen molar-refractivity contribution in [1.29, 1.82) is 0 Å². The van der Waals surface area contributed by atoms with Crippen LogP contribution in [0.1, 0.15) is 5.56 Å². The van der Waals surface area contributed by atoms with E-state index < -0.39 is 0 Å². The molecule has 0 spiro atoms. The lowest BCUT2D eigenvalue weighted by Gasteiger charge is -2.09. The number of ether oxygens (including phenoxy) is 1. The van der Waals surface area contributed by atoms with Crippen LogP contribution >= 0.6 is 0 Å². The van der Waals surface area contributed by atoms with Crippen LogP contribution in [0.15, 0.2) is 41.5 Å². The number of methoxy groups -OCH3 is 1. The van der Waals surface area contributed by atoms with E-state index in [-0.39, 0.29) is 0 Å². The highest BCUT2D eigenvalue weighted by Gasteiger charge is 2.06. The molecule has 0 unspecified atom stereocenters. The summed E-state index contributed by atoms with van der Waals surface area (Å²) >= 11 is 0. The number of amidine groups is 1. The number of fused-ring (bicyclic) bond motifs is 1. The summed E-state index contributed by atoms with van der Waals surface area (Å²) in [7, 11) is 1.65. The number of aromatic nitrogens is 1. The number of benzene rings is 1. The molecule has 1 aromatic heterocycles. The van der Waals surface area contributed by atoms with Crippen LogP contribution in [-0.4, -0.2) is 31.1 Å². The average molecular weight is 244 g/mol. The van der Waals surface area contributed by atoms with Crippen LogP contribution in [-0.2, 0) is 4.74 Å². The van der Waals surface area contributed by atoms with Gasteiger partial charge < -0.3 is 10.2 Å². The Labute approximate surface area is 106 Å². The number of nitrogens with one attached hydrogen (secondary N) is 1. The molecule has 0 aliphatic rings. The third kappa shape index (κ3) is 2.64. The zero-order valence-corrected chi connectivity index (χ0v) is 10.3. The largest absolute Gasteiger partial charge is 0.383 e. The summed E-state index contributed by atoms with van der Waals surface area (Å²) < 4.78 is 4.97. The molecule has 2 aromatic rings. The van der Waals surface area contributed by atoms with Gasteiger partial charge in [0.1, 0.15) is 5.84 Å². The molecule has 0 atom stereocenters. The molecule has 1 heterocycles. The topological polar surface area (TPSA) is 72.5 Å². The van der Waals surface area contributed by atoms with Gasteiger partial charge in [0.2, 0.25) is 0 Å². The summed E-state index contributed by atoms with van der Waals surface area (Å²) in [5, 5.41) is 1.02. The Morgan fingerprint density at radius 3 is 3.06 bits per heavy atom. The lowest BCUT2D eigenvalue weighted by molar-refractivity contribution is 0.208. The first kappa shape index (κ1) is 12.5. The Bertz CT molecular complexity index is 548. The zero-order chi connectivity index (χ0) is 12.8. The van der Waals surface area contributed by atoms with E-state index in [0.717, 1.165) is 16.5 Å². The van der Waals surface area contributed by atoms with Crippen molar-refractivity contribution in [2.45, 2.75) is 0 Å². The van der Waals surface area contributed by atoms with E-state index in [4.69, 9.17) is 10.6 Å². The first-order valence-corrected chi connectivity index (χ1v) is 5.71. The summed E-state index contributed by atoms with van der Waals surface area (Å²) in [6, 6.07) is 9.77. The highest BCUT2D eigenvalue weighted by Crippen LogP contribution is 2.16. The van der Waals surface area contributed by atoms with E-state index >= 15 is 0 Å². The van der Waals surface area contributed by atoms with Crippen molar-refractivity contribution in [2.75, 3.05) is 20.3 Å². The first-order chi connectivity index (χ1) is 8.86. The Kier molecular flexibility index (Phi) is 4.22. The standard InChI is InChI=1S/C13H16N4O/c1-18-9-8-16-13(17-14)11-4-2-6-12-10(11)5-3-7-15-12/h2-7H,8-9,14H2,1H3,(H,16,17).